The number of rotatable bonds is 3. The first-order valence-corrected chi connectivity index (χ1v) is 4.16. The molecule has 2 saturated carbocycles. The smallest absolute Gasteiger partial charge is 0.311 e. The van der Waals surface area contributed by atoms with Crippen LogP contribution in [-0.2, 0) is 4.79 Å². The number of carboxylic acids is 1. The van der Waals surface area contributed by atoms with Crippen molar-refractivity contribution in [2.75, 3.05) is 0 Å². The van der Waals surface area contributed by atoms with Crippen LogP contribution in [-0.4, -0.2) is 17.1 Å². The molecular weight excluding hydrogens is 142 g/mol. The molecule has 3 N–H and O–H groups in total. The molecule has 11 heavy (non-hydrogen) atoms. The lowest BCUT2D eigenvalue weighted by Crippen LogP contribution is -2.39. The normalized spacial score (nSPS) is 29.5. The highest BCUT2D eigenvalue weighted by atomic mass is 16.4. The Kier molecular flexibility index (Phi) is 1.27. The zero-order valence-electron chi connectivity index (χ0n) is 6.42. The van der Waals surface area contributed by atoms with Gasteiger partial charge in [-0.15, -0.1) is 0 Å². The second-order valence-corrected chi connectivity index (χ2v) is 3.82. The van der Waals surface area contributed by atoms with Gasteiger partial charge in [-0.2, -0.15) is 0 Å². The van der Waals surface area contributed by atoms with Crippen LogP contribution in [0.2, 0.25) is 0 Å². The van der Waals surface area contributed by atoms with Gasteiger partial charge in [0.25, 0.3) is 0 Å². The molecule has 2 aliphatic carbocycles. The van der Waals surface area contributed by atoms with E-state index in [1.165, 1.54) is 0 Å². The average molecular weight is 155 g/mol. The lowest BCUT2D eigenvalue weighted by atomic mass is 9.93. The van der Waals surface area contributed by atoms with E-state index >= 15 is 0 Å². The summed E-state index contributed by atoms with van der Waals surface area (Å²) in [6, 6.07) is -0.0694. The summed E-state index contributed by atoms with van der Waals surface area (Å²) < 4.78 is 0. The molecule has 0 spiro atoms. The highest BCUT2D eigenvalue weighted by molar-refractivity contribution is 5.79. The maximum atomic E-state index is 10.8. The first-order valence-electron chi connectivity index (χ1n) is 4.16. The fourth-order valence-corrected chi connectivity index (χ4v) is 1.73. The number of carbonyl (C=O) groups is 1. The Morgan fingerprint density at radius 3 is 2.36 bits per heavy atom. The van der Waals surface area contributed by atoms with Crippen molar-refractivity contribution in [2.24, 2.45) is 17.1 Å². The van der Waals surface area contributed by atoms with E-state index in [1.54, 1.807) is 0 Å². The van der Waals surface area contributed by atoms with Crippen molar-refractivity contribution in [1.82, 2.24) is 0 Å². The van der Waals surface area contributed by atoms with E-state index in [9.17, 15) is 4.79 Å². The Labute approximate surface area is 65.6 Å². The van der Waals surface area contributed by atoms with Crippen LogP contribution < -0.4 is 5.73 Å². The van der Waals surface area contributed by atoms with Crippen LogP contribution in [0.1, 0.15) is 25.7 Å². The van der Waals surface area contributed by atoms with E-state index in [0.29, 0.717) is 5.92 Å². The van der Waals surface area contributed by atoms with Crippen LogP contribution in [0.15, 0.2) is 0 Å². The first-order chi connectivity index (χ1) is 5.17. The molecule has 1 atom stereocenters. The van der Waals surface area contributed by atoms with Gasteiger partial charge < -0.3 is 10.8 Å². The maximum Gasteiger partial charge on any atom is 0.311 e. The number of hydrogen-bond acceptors (Lipinski definition) is 2. The van der Waals surface area contributed by atoms with E-state index < -0.39 is 11.4 Å². The van der Waals surface area contributed by atoms with Gasteiger partial charge in [0.2, 0.25) is 0 Å². The fraction of sp³-hybridized carbons (Fsp3) is 0.875. The zero-order chi connectivity index (χ0) is 8.06. The third-order valence-electron chi connectivity index (χ3n) is 2.98. The molecule has 0 aliphatic heterocycles. The molecule has 3 heteroatoms. The first kappa shape index (κ1) is 7.10. The summed E-state index contributed by atoms with van der Waals surface area (Å²) in [5, 5.41) is 8.87. The van der Waals surface area contributed by atoms with Crippen molar-refractivity contribution in [3.8, 4) is 0 Å². The molecule has 0 aromatic carbocycles. The molecule has 62 valence electrons. The summed E-state index contributed by atoms with van der Waals surface area (Å²) in [6.45, 7) is 0. The van der Waals surface area contributed by atoms with Crippen molar-refractivity contribution < 1.29 is 9.90 Å². The molecule has 0 saturated heterocycles. The fourth-order valence-electron chi connectivity index (χ4n) is 1.73. The molecular formula is C8H13NO2. The van der Waals surface area contributed by atoms with Gasteiger partial charge in [-0.1, -0.05) is 0 Å². The van der Waals surface area contributed by atoms with E-state index in [-0.39, 0.29) is 6.04 Å². The van der Waals surface area contributed by atoms with Gasteiger partial charge in [-0.25, -0.2) is 0 Å². The van der Waals surface area contributed by atoms with Crippen LogP contribution in [0, 0.1) is 11.3 Å². The third-order valence-corrected chi connectivity index (χ3v) is 2.98. The molecule has 0 amide bonds. The molecule has 0 aromatic heterocycles. The molecule has 2 fully saturated rings. The molecule has 2 aliphatic rings. The van der Waals surface area contributed by atoms with Crippen molar-refractivity contribution in [1.29, 1.82) is 0 Å². The van der Waals surface area contributed by atoms with Crippen molar-refractivity contribution in [2.45, 2.75) is 31.7 Å². The van der Waals surface area contributed by atoms with Gasteiger partial charge in [0.15, 0.2) is 0 Å². The van der Waals surface area contributed by atoms with Crippen LogP contribution in [0.25, 0.3) is 0 Å². The maximum absolute atomic E-state index is 10.8. The Hall–Kier alpha value is -0.570. The molecule has 0 radical (unpaired) electrons. The minimum atomic E-state index is -0.683. The Balaban J connectivity index is 2.06. The summed E-state index contributed by atoms with van der Waals surface area (Å²) >= 11 is 0. The second kappa shape index (κ2) is 1.97. The summed E-state index contributed by atoms with van der Waals surface area (Å²) in [6.07, 6.45) is 3.85. The van der Waals surface area contributed by atoms with Gasteiger partial charge in [-0.3, -0.25) is 4.79 Å². The zero-order valence-corrected chi connectivity index (χ0v) is 6.42. The standard InChI is InChI=1S/C8H13NO2/c9-6(5-1-2-5)8(3-4-8)7(10)11/h5-6H,1-4,9H2,(H,10,11). The summed E-state index contributed by atoms with van der Waals surface area (Å²) in [5.74, 6) is -0.175. The summed E-state index contributed by atoms with van der Waals surface area (Å²) in [7, 11) is 0. The monoisotopic (exact) mass is 155 g/mol. The lowest BCUT2D eigenvalue weighted by molar-refractivity contribution is -0.144. The predicted molar refractivity (Wildman–Crippen MR) is 40.0 cm³/mol. The van der Waals surface area contributed by atoms with E-state index in [0.717, 1.165) is 25.7 Å². The van der Waals surface area contributed by atoms with Gasteiger partial charge in [0, 0.05) is 6.04 Å². The average Bonchev–Trinajstić information content (AvgIpc) is 2.84. The van der Waals surface area contributed by atoms with Gasteiger partial charge in [-0.05, 0) is 31.6 Å². The van der Waals surface area contributed by atoms with Crippen LogP contribution in [0.3, 0.4) is 0 Å². The number of carboxylic acid groups (broad SMARTS) is 1. The topological polar surface area (TPSA) is 63.3 Å². The van der Waals surface area contributed by atoms with Crippen molar-refractivity contribution in [3.63, 3.8) is 0 Å². The predicted octanol–water partition coefficient (Wildman–Crippen LogP) is 0.588. The second-order valence-electron chi connectivity index (χ2n) is 3.82. The minimum absolute atomic E-state index is 0.0694. The highest BCUT2D eigenvalue weighted by Gasteiger charge is 2.58. The van der Waals surface area contributed by atoms with Crippen molar-refractivity contribution in [3.05, 3.63) is 0 Å². The molecule has 2 rings (SSSR count). The highest BCUT2D eigenvalue weighted by Crippen LogP contribution is 2.54. The largest absolute Gasteiger partial charge is 0.481 e. The quantitative estimate of drug-likeness (QED) is 0.627. The summed E-state index contributed by atoms with van der Waals surface area (Å²) in [4.78, 5) is 10.8. The number of nitrogens with two attached hydrogens (primary N) is 1. The van der Waals surface area contributed by atoms with Crippen molar-refractivity contribution >= 4 is 5.97 Å². The minimum Gasteiger partial charge on any atom is -0.481 e. The van der Waals surface area contributed by atoms with E-state index in [2.05, 4.69) is 0 Å². The molecule has 0 heterocycles. The van der Waals surface area contributed by atoms with E-state index in [4.69, 9.17) is 10.8 Å². The van der Waals surface area contributed by atoms with Crippen LogP contribution in [0.5, 0.6) is 0 Å². The number of hydrogen-bond donors (Lipinski definition) is 2. The number of aliphatic carboxylic acids is 1. The third kappa shape index (κ3) is 0.948. The van der Waals surface area contributed by atoms with Gasteiger partial charge in [0.1, 0.15) is 0 Å². The summed E-state index contributed by atoms with van der Waals surface area (Å²) in [5.41, 5.74) is 5.33. The van der Waals surface area contributed by atoms with Crippen LogP contribution in [0.4, 0.5) is 0 Å². The van der Waals surface area contributed by atoms with Crippen LogP contribution >= 0.6 is 0 Å². The lowest BCUT2D eigenvalue weighted by Gasteiger charge is -2.17. The molecule has 0 aromatic rings. The Bertz CT molecular complexity index is 194. The molecule has 1 unspecified atom stereocenters. The van der Waals surface area contributed by atoms with E-state index in [1.807, 2.05) is 0 Å². The van der Waals surface area contributed by atoms with Gasteiger partial charge in [0.05, 0.1) is 5.41 Å². The molecule has 0 bridgehead atoms. The van der Waals surface area contributed by atoms with Gasteiger partial charge >= 0.3 is 5.97 Å². The molecule has 3 nitrogen and oxygen atoms in total. The SMILES string of the molecule is NC(C1CC1)C1(C(=O)O)CC1. The Morgan fingerprint density at radius 2 is 2.09 bits per heavy atom. The Morgan fingerprint density at radius 1 is 1.55 bits per heavy atom.